The molecule has 19 heavy (non-hydrogen) atoms. The van der Waals surface area contributed by atoms with Gasteiger partial charge in [0.15, 0.2) is 0 Å². The van der Waals surface area contributed by atoms with E-state index in [1.165, 1.54) is 12.1 Å². The Morgan fingerprint density at radius 1 is 1.05 bits per heavy atom. The number of ether oxygens (including phenoxy) is 1. The summed E-state index contributed by atoms with van der Waals surface area (Å²) in [6.45, 7) is 4.29. The second-order valence-corrected chi connectivity index (χ2v) is 4.87. The molecule has 2 aromatic carbocycles. The number of alkyl halides is 1. The maximum absolute atomic E-state index is 13.2. The average molecular weight is 279 g/mol. The van der Waals surface area contributed by atoms with Crippen LogP contribution in [-0.4, -0.2) is 0 Å². The van der Waals surface area contributed by atoms with Gasteiger partial charge in [-0.3, -0.25) is 0 Å². The molecule has 1 nitrogen and oxygen atoms in total. The minimum atomic E-state index is -0.245. The van der Waals surface area contributed by atoms with Crippen molar-refractivity contribution < 1.29 is 9.13 Å². The van der Waals surface area contributed by atoms with Gasteiger partial charge in [0.2, 0.25) is 0 Å². The Morgan fingerprint density at radius 3 is 2.58 bits per heavy atom. The van der Waals surface area contributed by atoms with E-state index in [1.807, 2.05) is 32.0 Å². The second-order valence-electron chi connectivity index (χ2n) is 4.60. The fourth-order valence-corrected chi connectivity index (χ4v) is 2.11. The summed E-state index contributed by atoms with van der Waals surface area (Å²) in [5, 5.41) is 0. The van der Waals surface area contributed by atoms with Gasteiger partial charge < -0.3 is 4.74 Å². The minimum absolute atomic E-state index is 0.245. The SMILES string of the molecule is Cc1ccc(OCc2cc(F)ccc2C)c(CCl)c1. The van der Waals surface area contributed by atoms with Crippen LogP contribution < -0.4 is 4.74 Å². The molecule has 0 amide bonds. The number of halogens is 2. The van der Waals surface area contributed by atoms with Crippen LogP contribution in [0.4, 0.5) is 4.39 Å². The first-order chi connectivity index (χ1) is 9.10. The Morgan fingerprint density at radius 2 is 1.84 bits per heavy atom. The fraction of sp³-hybridized carbons (Fsp3) is 0.250. The maximum atomic E-state index is 13.2. The highest BCUT2D eigenvalue weighted by atomic mass is 35.5. The van der Waals surface area contributed by atoms with Crippen molar-refractivity contribution >= 4 is 11.6 Å². The summed E-state index contributed by atoms with van der Waals surface area (Å²) in [5.74, 6) is 0.911. The molecule has 0 saturated carbocycles. The molecule has 0 saturated heterocycles. The fourth-order valence-electron chi connectivity index (χ4n) is 1.90. The first-order valence-corrected chi connectivity index (χ1v) is 6.67. The van der Waals surface area contributed by atoms with E-state index >= 15 is 0 Å². The zero-order chi connectivity index (χ0) is 13.8. The molecule has 0 N–H and O–H groups in total. The molecular weight excluding hydrogens is 263 g/mol. The van der Waals surface area contributed by atoms with Crippen molar-refractivity contribution in [2.75, 3.05) is 0 Å². The van der Waals surface area contributed by atoms with Crippen LogP contribution in [0, 0.1) is 19.7 Å². The molecule has 3 heteroatoms. The normalized spacial score (nSPS) is 10.5. The van der Waals surface area contributed by atoms with E-state index in [0.717, 1.165) is 28.0 Å². The van der Waals surface area contributed by atoms with E-state index in [2.05, 4.69) is 0 Å². The predicted molar refractivity (Wildman–Crippen MR) is 76.2 cm³/mol. The van der Waals surface area contributed by atoms with Crippen molar-refractivity contribution in [3.63, 3.8) is 0 Å². The van der Waals surface area contributed by atoms with E-state index in [9.17, 15) is 4.39 Å². The van der Waals surface area contributed by atoms with Crippen LogP contribution >= 0.6 is 11.6 Å². The summed E-state index contributed by atoms with van der Waals surface area (Å²) in [5.41, 5.74) is 3.96. The van der Waals surface area contributed by atoms with Crippen molar-refractivity contribution in [2.24, 2.45) is 0 Å². The summed E-state index contributed by atoms with van der Waals surface area (Å²) in [4.78, 5) is 0. The molecule has 0 aliphatic carbocycles. The van der Waals surface area contributed by atoms with E-state index < -0.39 is 0 Å². The molecule has 0 spiro atoms. The molecule has 0 radical (unpaired) electrons. The number of aryl methyl sites for hydroxylation is 2. The molecule has 0 bridgehead atoms. The van der Waals surface area contributed by atoms with Crippen LogP contribution in [0.2, 0.25) is 0 Å². The number of hydrogen-bond acceptors (Lipinski definition) is 1. The molecule has 2 aromatic rings. The van der Waals surface area contributed by atoms with E-state index in [-0.39, 0.29) is 5.82 Å². The van der Waals surface area contributed by atoms with Crippen LogP contribution in [0.3, 0.4) is 0 Å². The van der Waals surface area contributed by atoms with E-state index in [4.69, 9.17) is 16.3 Å². The van der Waals surface area contributed by atoms with Crippen molar-refractivity contribution in [1.29, 1.82) is 0 Å². The van der Waals surface area contributed by atoms with Gasteiger partial charge in [-0.1, -0.05) is 23.8 Å². The third-order valence-corrected chi connectivity index (χ3v) is 3.34. The number of benzene rings is 2. The van der Waals surface area contributed by atoms with Crippen LogP contribution in [0.25, 0.3) is 0 Å². The van der Waals surface area contributed by atoms with Crippen molar-refractivity contribution in [2.45, 2.75) is 26.3 Å². The van der Waals surface area contributed by atoms with Crippen molar-refractivity contribution in [3.05, 3.63) is 64.5 Å². The van der Waals surface area contributed by atoms with Gasteiger partial charge in [0, 0.05) is 5.56 Å². The summed E-state index contributed by atoms with van der Waals surface area (Å²) in [6.07, 6.45) is 0. The third-order valence-electron chi connectivity index (χ3n) is 3.05. The lowest BCUT2D eigenvalue weighted by atomic mass is 10.1. The summed E-state index contributed by atoms with van der Waals surface area (Å²) < 4.78 is 18.9. The third kappa shape index (κ3) is 3.48. The van der Waals surface area contributed by atoms with Gasteiger partial charge in [-0.05, 0) is 43.2 Å². The standard InChI is InChI=1S/C16H16ClFO/c1-11-3-6-16(13(7-11)9-17)19-10-14-8-15(18)5-4-12(14)2/h3-8H,9-10H2,1-2H3. The average Bonchev–Trinajstić information content (AvgIpc) is 2.40. The number of hydrogen-bond donors (Lipinski definition) is 0. The molecule has 100 valence electrons. The molecular formula is C16H16ClFO. The highest BCUT2D eigenvalue weighted by Crippen LogP contribution is 2.23. The molecule has 0 unspecified atom stereocenters. The van der Waals surface area contributed by atoms with Crippen LogP contribution in [-0.2, 0) is 12.5 Å². The van der Waals surface area contributed by atoms with E-state index in [0.29, 0.717) is 12.5 Å². The Bertz CT molecular complexity index is 581. The van der Waals surface area contributed by atoms with E-state index in [1.54, 1.807) is 6.07 Å². The quantitative estimate of drug-likeness (QED) is 0.733. The summed E-state index contributed by atoms with van der Waals surface area (Å²) in [7, 11) is 0. The molecule has 2 rings (SSSR count). The summed E-state index contributed by atoms with van der Waals surface area (Å²) in [6, 6.07) is 10.6. The zero-order valence-electron chi connectivity index (χ0n) is 11.0. The lowest BCUT2D eigenvalue weighted by Gasteiger charge is -2.12. The topological polar surface area (TPSA) is 9.23 Å². The Kier molecular flexibility index (Phi) is 4.43. The van der Waals surface area contributed by atoms with Gasteiger partial charge >= 0.3 is 0 Å². The predicted octanol–water partition coefficient (Wildman–Crippen LogP) is 4.76. The van der Waals surface area contributed by atoms with Crippen molar-refractivity contribution in [1.82, 2.24) is 0 Å². The first kappa shape index (κ1) is 13.9. The van der Waals surface area contributed by atoms with Gasteiger partial charge in [0.1, 0.15) is 18.2 Å². The molecule has 0 aliphatic rings. The molecule has 0 aromatic heterocycles. The Labute approximate surface area is 118 Å². The van der Waals surface area contributed by atoms with Crippen LogP contribution in [0.1, 0.15) is 22.3 Å². The lowest BCUT2D eigenvalue weighted by molar-refractivity contribution is 0.302. The summed E-state index contributed by atoms with van der Waals surface area (Å²) >= 11 is 5.90. The lowest BCUT2D eigenvalue weighted by Crippen LogP contribution is -2.00. The molecule has 0 fully saturated rings. The minimum Gasteiger partial charge on any atom is -0.489 e. The van der Waals surface area contributed by atoms with Gasteiger partial charge in [-0.15, -0.1) is 11.6 Å². The smallest absolute Gasteiger partial charge is 0.124 e. The highest BCUT2D eigenvalue weighted by molar-refractivity contribution is 6.17. The van der Waals surface area contributed by atoms with Crippen LogP contribution in [0.15, 0.2) is 36.4 Å². The van der Waals surface area contributed by atoms with Crippen LogP contribution in [0.5, 0.6) is 5.75 Å². The molecule has 0 heterocycles. The largest absolute Gasteiger partial charge is 0.489 e. The Hall–Kier alpha value is -1.54. The zero-order valence-corrected chi connectivity index (χ0v) is 11.8. The van der Waals surface area contributed by atoms with Gasteiger partial charge in [0.05, 0.1) is 5.88 Å². The van der Waals surface area contributed by atoms with Gasteiger partial charge in [-0.2, -0.15) is 0 Å². The first-order valence-electron chi connectivity index (χ1n) is 6.13. The highest BCUT2D eigenvalue weighted by Gasteiger charge is 2.06. The molecule has 0 aliphatic heterocycles. The second kappa shape index (κ2) is 6.07. The van der Waals surface area contributed by atoms with Crippen molar-refractivity contribution in [3.8, 4) is 5.75 Å². The maximum Gasteiger partial charge on any atom is 0.124 e. The Balaban J connectivity index is 2.16. The molecule has 0 atom stereocenters. The number of rotatable bonds is 4. The monoisotopic (exact) mass is 278 g/mol. The van der Waals surface area contributed by atoms with Gasteiger partial charge in [-0.25, -0.2) is 4.39 Å². The van der Waals surface area contributed by atoms with Gasteiger partial charge in [0.25, 0.3) is 0 Å².